The molecule has 1 rings (SSSR count). The molecule has 0 bridgehead atoms. The SMILES string of the molecule is Cc1ccc(C)c(C(=O)C(C)N(C)CCS(C)(=O)=O)c1. The average Bonchev–Trinajstić information content (AvgIpc) is 2.36. The predicted molar refractivity (Wildman–Crippen MR) is 82.0 cm³/mol. The first-order valence-corrected chi connectivity index (χ1v) is 8.67. The van der Waals surface area contributed by atoms with Crippen molar-refractivity contribution in [3.8, 4) is 0 Å². The molecule has 5 heteroatoms. The van der Waals surface area contributed by atoms with E-state index in [0.717, 1.165) is 11.1 Å². The fraction of sp³-hybridized carbons (Fsp3) is 0.533. The van der Waals surface area contributed by atoms with Crippen LogP contribution in [0.15, 0.2) is 18.2 Å². The summed E-state index contributed by atoms with van der Waals surface area (Å²) in [6, 6.07) is 5.46. The van der Waals surface area contributed by atoms with Crippen molar-refractivity contribution in [2.24, 2.45) is 0 Å². The van der Waals surface area contributed by atoms with Gasteiger partial charge in [-0.1, -0.05) is 17.7 Å². The van der Waals surface area contributed by atoms with Gasteiger partial charge in [0.2, 0.25) is 0 Å². The third kappa shape index (κ3) is 4.72. The van der Waals surface area contributed by atoms with Crippen LogP contribution in [0.25, 0.3) is 0 Å². The smallest absolute Gasteiger partial charge is 0.179 e. The lowest BCUT2D eigenvalue weighted by Gasteiger charge is -2.24. The van der Waals surface area contributed by atoms with Crippen molar-refractivity contribution in [3.63, 3.8) is 0 Å². The molecule has 0 aliphatic rings. The first-order chi connectivity index (χ1) is 9.11. The molecule has 1 atom stereocenters. The minimum atomic E-state index is -3.01. The van der Waals surface area contributed by atoms with Gasteiger partial charge in [0, 0.05) is 18.4 Å². The van der Waals surface area contributed by atoms with E-state index in [0.29, 0.717) is 12.1 Å². The molecule has 0 spiro atoms. The number of aryl methyl sites for hydroxylation is 2. The number of ketones is 1. The summed E-state index contributed by atoms with van der Waals surface area (Å²) in [5.74, 6) is 0.0932. The van der Waals surface area contributed by atoms with Gasteiger partial charge in [0.1, 0.15) is 9.84 Å². The summed E-state index contributed by atoms with van der Waals surface area (Å²) in [5.41, 5.74) is 2.71. The molecule has 0 aliphatic carbocycles. The van der Waals surface area contributed by atoms with Crippen LogP contribution in [0.3, 0.4) is 0 Å². The Morgan fingerprint density at radius 3 is 2.45 bits per heavy atom. The van der Waals surface area contributed by atoms with Gasteiger partial charge in [0.25, 0.3) is 0 Å². The molecule has 1 aromatic rings. The third-order valence-electron chi connectivity index (χ3n) is 3.51. The van der Waals surface area contributed by atoms with Gasteiger partial charge in [-0.05, 0) is 39.4 Å². The Morgan fingerprint density at radius 2 is 1.90 bits per heavy atom. The zero-order valence-electron chi connectivity index (χ0n) is 12.8. The van der Waals surface area contributed by atoms with Crippen LogP contribution in [0.5, 0.6) is 0 Å². The number of benzene rings is 1. The summed E-state index contributed by atoms with van der Waals surface area (Å²) in [5, 5.41) is 0. The van der Waals surface area contributed by atoms with E-state index in [2.05, 4.69) is 0 Å². The lowest BCUT2D eigenvalue weighted by atomic mass is 9.98. The minimum Gasteiger partial charge on any atom is -0.296 e. The fourth-order valence-electron chi connectivity index (χ4n) is 1.93. The van der Waals surface area contributed by atoms with E-state index in [4.69, 9.17) is 0 Å². The molecule has 0 heterocycles. The van der Waals surface area contributed by atoms with Gasteiger partial charge in [0.05, 0.1) is 11.8 Å². The Hall–Kier alpha value is -1.20. The molecule has 0 fully saturated rings. The van der Waals surface area contributed by atoms with Gasteiger partial charge in [-0.2, -0.15) is 0 Å². The number of carbonyl (C=O) groups is 1. The fourth-order valence-corrected chi connectivity index (χ4v) is 2.55. The maximum atomic E-state index is 12.5. The topological polar surface area (TPSA) is 54.5 Å². The van der Waals surface area contributed by atoms with Crippen molar-refractivity contribution >= 4 is 15.6 Å². The van der Waals surface area contributed by atoms with Crippen LogP contribution < -0.4 is 0 Å². The van der Waals surface area contributed by atoms with E-state index in [1.165, 1.54) is 6.26 Å². The summed E-state index contributed by atoms with van der Waals surface area (Å²) >= 11 is 0. The molecule has 1 aromatic carbocycles. The minimum absolute atomic E-state index is 0.0298. The standard InChI is InChI=1S/C15H23NO3S/c1-11-6-7-12(2)14(10-11)15(17)13(3)16(4)8-9-20(5,18)19/h6-7,10,13H,8-9H2,1-5H3. The van der Waals surface area contributed by atoms with Crippen molar-refractivity contribution in [3.05, 3.63) is 34.9 Å². The van der Waals surface area contributed by atoms with E-state index in [-0.39, 0.29) is 17.6 Å². The normalized spacial score (nSPS) is 13.5. The highest BCUT2D eigenvalue weighted by atomic mass is 32.2. The lowest BCUT2D eigenvalue weighted by molar-refractivity contribution is 0.0873. The van der Waals surface area contributed by atoms with Crippen LogP contribution in [0.1, 0.15) is 28.4 Å². The molecule has 0 aliphatic heterocycles. The number of Topliss-reactive ketones (excluding diaryl/α,β-unsaturated/α-hetero) is 1. The Kier molecular flexibility index (Phi) is 5.48. The van der Waals surface area contributed by atoms with Gasteiger partial charge in [-0.15, -0.1) is 0 Å². The zero-order valence-corrected chi connectivity index (χ0v) is 13.6. The largest absolute Gasteiger partial charge is 0.296 e. The number of sulfone groups is 1. The van der Waals surface area contributed by atoms with Crippen LogP contribution in [-0.2, 0) is 9.84 Å². The first-order valence-electron chi connectivity index (χ1n) is 6.61. The second-order valence-corrected chi connectivity index (χ2v) is 7.73. The van der Waals surface area contributed by atoms with Crippen molar-refractivity contribution < 1.29 is 13.2 Å². The Balaban J connectivity index is 2.83. The summed E-state index contributed by atoms with van der Waals surface area (Å²) in [6.45, 7) is 6.03. The summed E-state index contributed by atoms with van der Waals surface area (Å²) in [4.78, 5) is 14.3. The number of rotatable bonds is 6. The number of hydrogen-bond donors (Lipinski definition) is 0. The Bertz CT molecular complexity index is 593. The molecular formula is C15H23NO3S. The van der Waals surface area contributed by atoms with Gasteiger partial charge < -0.3 is 0 Å². The van der Waals surface area contributed by atoms with Crippen molar-refractivity contribution in [2.75, 3.05) is 25.6 Å². The van der Waals surface area contributed by atoms with E-state index in [1.54, 1.807) is 11.9 Å². The van der Waals surface area contributed by atoms with Crippen molar-refractivity contribution in [2.45, 2.75) is 26.8 Å². The molecule has 0 saturated carbocycles. The van der Waals surface area contributed by atoms with Crippen molar-refractivity contribution in [1.29, 1.82) is 0 Å². The van der Waals surface area contributed by atoms with E-state index < -0.39 is 9.84 Å². The molecular weight excluding hydrogens is 274 g/mol. The molecule has 0 aromatic heterocycles. The third-order valence-corrected chi connectivity index (χ3v) is 4.44. The van der Waals surface area contributed by atoms with E-state index in [1.807, 2.05) is 39.0 Å². The van der Waals surface area contributed by atoms with Crippen LogP contribution in [0, 0.1) is 13.8 Å². The van der Waals surface area contributed by atoms with Crippen molar-refractivity contribution in [1.82, 2.24) is 4.90 Å². The van der Waals surface area contributed by atoms with E-state index >= 15 is 0 Å². The second-order valence-electron chi connectivity index (χ2n) is 5.47. The van der Waals surface area contributed by atoms with Gasteiger partial charge in [0.15, 0.2) is 5.78 Å². The maximum Gasteiger partial charge on any atom is 0.179 e. The maximum absolute atomic E-state index is 12.5. The zero-order chi connectivity index (χ0) is 15.5. The van der Waals surface area contributed by atoms with Crippen LogP contribution in [0.2, 0.25) is 0 Å². The number of hydrogen-bond acceptors (Lipinski definition) is 4. The summed E-state index contributed by atoms with van der Waals surface area (Å²) < 4.78 is 22.4. The van der Waals surface area contributed by atoms with Crippen LogP contribution in [0.4, 0.5) is 0 Å². The first kappa shape index (κ1) is 16.9. The highest BCUT2D eigenvalue weighted by molar-refractivity contribution is 7.90. The molecule has 0 amide bonds. The van der Waals surface area contributed by atoms with Gasteiger partial charge in [-0.3, -0.25) is 9.69 Å². The predicted octanol–water partition coefficient (Wildman–Crippen LogP) is 1.85. The molecule has 4 nitrogen and oxygen atoms in total. The van der Waals surface area contributed by atoms with Gasteiger partial charge in [-0.25, -0.2) is 8.42 Å². The molecule has 0 radical (unpaired) electrons. The Labute approximate surface area is 121 Å². The Morgan fingerprint density at radius 1 is 1.30 bits per heavy atom. The second kappa shape index (κ2) is 6.50. The van der Waals surface area contributed by atoms with Gasteiger partial charge >= 0.3 is 0 Å². The highest BCUT2D eigenvalue weighted by Crippen LogP contribution is 2.15. The molecule has 20 heavy (non-hydrogen) atoms. The quantitative estimate of drug-likeness (QED) is 0.752. The van der Waals surface area contributed by atoms with E-state index in [9.17, 15) is 13.2 Å². The van der Waals surface area contributed by atoms with Crippen LogP contribution in [-0.4, -0.2) is 50.7 Å². The van der Waals surface area contributed by atoms with Crippen LogP contribution >= 0.6 is 0 Å². The molecule has 112 valence electrons. The average molecular weight is 297 g/mol. The summed E-state index contributed by atoms with van der Waals surface area (Å²) in [6.07, 6.45) is 1.21. The highest BCUT2D eigenvalue weighted by Gasteiger charge is 2.21. The number of nitrogens with zero attached hydrogens (tertiary/aromatic N) is 1. The molecule has 1 unspecified atom stereocenters. The number of likely N-dealkylation sites (N-methyl/N-ethyl adjacent to an activating group) is 1. The molecule has 0 saturated heterocycles. The molecule has 0 N–H and O–H groups in total. The monoisotopic (exact) mass is 297 g/mol. The lowest BCUT2D eigenvalue weighted by Crippen LogP contribution is -2.39. The summed E-state index contributed by atoms with van der Waals surface area (Å²) in [7, 11) is -1.23. The number of carbonyl (C=O) groups excluding carboxylic acids is 1.